The Morgan fingerprint density at radius 2 is 2.50 bits per heavy atom. The second kappa shape index (κ2) is 2.31. The van der Waals surface area contributed by atoms with E-state index in [1.54, 1.807) is 0 Å². The molecule has 0 aromatic rings. The van der Waals surface area contributed by atoms with Crippen LogP contribution in [-0.4, -0.2) is 6.54 Å². The van der Waals surface area contributed by atoms with Gasteiger partial charge in [0.05, 0.1) is 6.54 Å². The van der Waals surface area contributed by atoms with Crippen LogP contribution in [0.2, 0.25) is 0 Å². The summed E-state index contributed by atoms with van der Waals surface area (Å²) in [6.07, 6.45) is 9.28. The number of hydrogen-bond donors (Lipinski definition) is 1. The topological polar surface area (TPSA) is 21.3 Å². The van der Waals surface area contributed by atoms with Gasteiger partial charge in [-0.15, -0.1) is 0 Å². The predicted octanol–water partition coefficient (Wildman–Crippen LogP) is 1.29. The van der Waals surface area contributed by atoms with Crippen LogP contribution in [-0.2, 0) is 4.84 Å². The van der Waals surface area contributed by atoms with Crippen LogP contribution < -0.4 is 5.48 Å². The Labute approximate surface area is 59.8 Å². The van der Waals surface area contributed by atoms with Crippen molar-refractivity contribution in [2.45, 2.75) is 6.42 Å². The molecule has 2 aliphatic rings. The third-order valence-corrected chi connectivity index (χ3v) is 1.65. The van der Waals surface area contributed by atoms with Crippen molar-refractivity contribution >= 4 is 0 Å². The summed E-state index contributed by atoms with van der Waals surface area (Å²) < 4.78 is 0. The van der Waals surface area contributed by atoms with Crippen LogP contribution in [0.4, 0.5) is 0 Å². The van der Waals surface area contributed by atoms with E-state index in [0.29, 0.717) is 0 Å². The fraction of sp³-hybridized carbons (Fsp3) is 0.250. The van der Waals surface area contributed by atoms with Crippen molar-refractivity contribution in [3.8, 4) is 0 Å². The van der Waals surface area contributed by atoms with Gasteiger partial charge in [0, 0.05) is 0 Å². The number of hydroxylamine groups is 1. The normalized spacial score (nSPS) is 22.4. The van der Waals surface area contributed by atoms with Crippen LogP contribution in [0.3, 0.4) is 0 Å². The number of allylic oxidation sites excluding steroid dienone is 4. The second-order valence-corrected chi connectivity index (χ2v) is 2.34. The molecule has 0 saturated carbocycles. The maximum absolute atomic E-state index is 5.17. The Bertz CT molecular complexity index is 225. The molecule has 0 fully saturated rings. The van der Waals surface area contributed by atoms with E-state index >= 15 is 0 Å². The minimum absolute atomic E-state index is 0.820. The summed E-state index contributed by atoms with van der Waals surface area (Å²) in [6, 6.07) is 0. The SMILES string of the molecule is C1=CCC2=CCNOC2=C1. The van der Waals surface area contributed by atoms with Crippen LogP contribution >= 0.6 is 0 Å². The number of nitrogens with one attached hydrogen (secondary N) is 1. The fourth-order valence-electron chi connectivity index (χ4n) is 1.13. The summed E-state index contributed by atoms with van der Waals surface area (Å²) >= 11 is 0. The van der Waals surface area contributed by atoms with Crippen molar-refractivity contribution < 1.29 is 4.84 Å². The highest BCUT2D eigenvalue weighted by Crippen LogP contribution is 2.21. The van der Waals surface area contributed by atoms with Crippen LogP contribution in [0.25, 0.3) is 0 Å². The van der Waals surface area contributed by atoms with E-state index in [9.17, 15) is 0 Å². The highest BCUT2D eigenvalue weighted by atomic mass is 16.6. The molecule has 52 valence electrons. The molecule has 2 nitrogen and oxygen atoms in total. The molecule has 0 aromatic heterocycles. The molecule has 0 spiro atoms. The first kappa shape index (κ1) is 5.74. The Morgan fingerprint density at radius 1 is 1.50 bits per heavy atom. The molecule has 2 heteroatoms. The Kier molecular flexibility index (Phi) is 1.32. The average Bonchev–Trinajstić information content (AvgIpc) is 2.05. The molecule has 10 heavy (non-hydrogen) atoms. The zero-order valence-corrected chi connectivity index (χ0v) is 5.63. The van der Waals surface area contributed by atoms with Gasteiger partial charge < -0.3 is 4.84 Å². The van der Waals surface area contributed by atoms with Crippen molar-refractivity contribution in [3.05, 3.63) is 35.6 Å². The largest absolute Gasteiger partial charge is 0.408 e. The maximum atomic E-state index is 5.17. The Morgan fingerprint density at radius 3 is 3.40 bits per heavy atom. The first-order chi connectivity index (χ1) is 4.97. The lowest BCUT2D eigenvalue weighted by molar-refractivity contribution is 0.111. The predicted molar refractivity (Wildman–Crippen MR) is 39.0 cm³/mol. The van der Waals surface area contributed by atoms with E-state index in [2.05, 4.69) is 17.6 Å². The monoisotopic (exact) mass is 135 g/mol. The molecule has 0 unspecified atom stereocenters. The van der Waals surface area contributed by atoms with E-state index in [4.69, 9.17) is 4.84 Å². The minimum Gasteiger partial charge on any atom is -0.408 e. The van der Waals surface area contributed by atoms with Crippen molar-refractivity contribution in [2.24, 2.45) is 0 Å². The third kappa shape index (κ3) is 0.866. The lowest BCUT2D eigenvalue weighted by atomic mass is 10.1. The maximum Gasteiger partial charge on any atom is 0.150 e. The van der Waals surface area contributed by atoms with Crippen LogP contribution in [0.1, 0.15) is 6.42 Å². The quantitative estimate of drug-likeness (QED) is 0.540. The Balaban J connectivity index is 2.32. The van der Waals surface area contributed by atoms with Gasteiger partial charge in [-0.25, -0.2) is 0 Å². The van der Waals surface area contributed by atoms with E-state index < -0.39 is 0 Å². The molecule has 0 atom stereocenters. The Hall–Kier alpha value is -1.02. The van der Waals surface area contributed by atoms with Gasteiger partial charge in [0.2, 0.25) is 0 Å². The first-order valence-electron chi connectivity index (χ1n) is 3.43. The van der Waals surface area contributed by atoms with Gasteiger partial charge in [-0.3, -0.25) is 0 Å². The highest BCUT2D eigenvalue weighted by molar-refractivity contribution is 5.36. The number of rotatable bonds is 0. The summed E-state index contributed by atoms with van der Waals surface area (Å²) in [5.41, 5.74) is 4.10. The highest BCUT2D eigenvalue weighted by Gasteiger charge is 2.10. The number of fused-ring (bicyclic) bond motifs is 1. The van der Waals surface area contributed by atoms with Gasteiger partial charge in [-0.1, -0.05) is 18.2 Å². The molecule has 0 amide bonds. The molecule has 2 rings (SSSR count). The van der Waals surface area contributed by atoms with Crippen molar-refractivity contribution in [1.82, 2.24) is 5.48 Å². The lowest BCUT2D eigenvalue weighted by Gasteiger charge is -2.18. The molecule has 1 aliphatic carbocycles. The number of hydrogen-bond acceptors (Lipinski definition) is 2. The molecular formula is C8H9NO. The summed E-state index contributed by atoms with van der Waals surface area (Å²) in [7, 11) is 0. The van der Waals surface area contributed by atoms with Gasteiger partial charge >= 0.3 is 0 Å². The minimum atomic E-state index is 0.820. The van der Waals surface area contributed by atoms with Crippen LogP contribution in [0.15, 0.2) is 35.6 Å². The molecule has 0 aromatic carbocycles. The van der Waals surface area contributed by atoms with Gasteiger partial charge in [0.25, 0.3) is 0 Å². The molecule has 0 saturated heterocycles. The molecule has 1 heterocycles. The lowest BCUT2D eigenvalue weighted by Crippen LogP contribution is -2.20. The van der Waals surface area contributed by atoms with E-state index in [0.717, 1.165) is 18.7 Å². The summed E-state index contributed by atoms with van der Waals surface area (Å²) in [4.78, 5) is 5.17. The first-order valence-corrected chi connectivity index (χ1v) is 3.43. The van der Waals surface area contributed by atoms with Gasteiger partial charge in [-0.05, 0) is 18.1 Å². The average molecular weight is 135 g/mol. The van der Waals surface area contributed by atoms with Gasteiger partial charge in [0.15, 0.2) is 0 Å². The zero-order chi connectivity index (χ0) is 6.81. The molecule has 1 aliphatic heterocycles. The third-order valence-electron chi connectivity index (χ3n) is 1.65. The molecule has 0 radical (unpaired) electrons. The summed E-state index contributed by atoms with van der Waals surface area (Å²) in [6.45, 7) is 0.820. The van der Waals surface area contributed by atoms with Crippen LogP contribution in [0.5, 0.6) is 0 Å². The van der Waals surface area contributed by atoms with Crippen LogP contribution in [0, 0.1) is 0 Å². The molecule has 0 bridgehead atoms. The smallest absolute Gasteiger partial charge is 0.150 e. The standard InChI is InChI=1S/C8H9NO/c1-2-4-8-7(3-1)5-6-9-10-8/h1-2,4-5,9H,3,6H2. The summed E-state index contributed by atoms with van der Waals surface area (Å²) in [5, 5.41) is 0. The van der Waals surface area contributed by atoms with Crippen molar-refractivity contribution in [3.63, 3.8) is 0 Å². The van der Waals surface area contributed by atoms with Gasteiger partial charge in [0.1, 0.15) is 5.76 Å². The zero-order valence-electron chi connectivity index (χ0n) is 5.63. The van der Waals surface area contributed by atoms with Crippen molar-refractivity contribution in [2.75, 3.05) is 6.54 Å². The van der Waals surface area contributed by atoms with E-state index in [1.807, 2.05) is 12.2 Å². The van der Waals surface area contributed by atoms with E-state index in [1.165, 1.54) is 5.57 Å². The second-order valence-electron chi connectivity index (χ2n) is 2.34. The van der Waals surface area contributed by atoms with Gasteiger partial charge in [-0.2, -0.15) is 5.48 Å². The molecule has 1 N–H and O–H groups in total. The fourth-order valence-corrected chi connectivity index (χ4v) is 1.13. The summed E-state index contributed by atoms with van der Waals surface area (Å²) in [5.74, 6) is 0.966. The van der Waals surface area contributed by atoms with E-state index in [-0.39, 0.29) is 0 Å². The molecular weight excluding hydrogens is 126 g/mol. The van der Waals surface area contributed by atoms with Crippen molar-refractivity contribution in [1.29, 1.82) is 0 Å².